The Kier molecular flexibility index (Phi) is 3.73. The molecule has 0 spiro atoms. The lowest BCUT2D eigenvalue weighted by atomic mass is 10.1. The summed E-state index contributed by atoms with van der Waals surface area (Å²) in [4.78, 5) is 14.1. The minimum Gasteiger partial charge on any atom is -0.396 e. The van der Waals surface area contributed by atoms with E-state index in [1.54, 1.807) is 6.08 Å². The van der Waals surface area contributed by atoms with Crippen LogP contribution in [-0.4, -0.2) is 28.2 Å². The van der Waals surface area contributed by atoms with E-state index < -0.39 is 4.92 Å². The Morgan fingerprint density at radius 1 is 1.74 bits per heavy atom. The van der Waals surface area contributed by atoms with Crippen molar-refractivity contribution in [1.82, 2.24) is 4.98 Å². The molecule has 102 valence electrons. The molecule has 1 aliphatic carbocycles. The van der Waals surface area contributed by atoms with Gasteiger partial charge in [0.25, 0.3) is 0 Å². The van der Waals surface area contributed by atoms with E-state index in [1.807, 2.05) is 0 Å². The van der Waals surface area contributed by atoms with Crippen molar-refractivity contribution in [2.75, 3.05) is 18.5 Å². The number of anilines is 1. The number of halogens is 1. The molecule has 0 radical (unpaired) electrons. The largest absolute Gasteiger partial charge is 0.396 e. The predicted octanol–water partition coefficient (Wildman–Crippen LogP) is 2.24. The molecule has 6 nitrogen and oxygen atoms in total. The van der Waals surface area contributed by atoms with Crippen molar-refractivity contribution in [2.45, 2.75) is 6.42 Å². The van der Waals surface area contributed by atoms with Crippen LogP contribution in [0.25, 0.3) is 0 Å². The normalized spacial score (nSPS) is 24.8. The zero-order valence-corrected chi connectivity index (χ0v) is 10.9. The number of aliphatic hydroxyl groups excluding tert-OH is 1. The Bertz CT molecular complexity index is 523. The van der Waals surface area contributed by atoms with Gasteiger partial charge < -0.3 is 10.4 Å². The van der Waals surface area contributed by atoms with Crippen LogP contribution in [0.5, 0.6) is 0 Å². The predicted molar refractivity (Wildman–Crippen MR) is 72.2 cm³/mol. The second-order valence-electron chi connectivity index (χ2n) is 4.69. The van der Waals surface area contributed by atoms with E-state index in [0.29, 0.717) is 6.54 Å². The van der Waals surface area contributed by atoms with Crippen LogP contribution in [0.3, 0.4) is 0 Å². The summed E-state index contributed by atoms with van der Waals surface area (Å²) in [5, 5.41) is 23.5. The molecule has 19 heavy (non-hydrogen) atoms. The zero-order chi connectivity index (χ0) is 14.0. The average molecular weight is 284 g/mol. The quantitative estimate of drug-likeness (QED) is 0.475. The molecule has 1 aliphatic rings. The van der Waals surface area contributed by atoms with E-state index in [9.17, 15) is 15.2 Å². The van der Waals surface area contributed by atoms with Crippen molar-refractivity contribution in [1.29, 1.82) is 0 Å². The summed E-state index contributed by atoms with van der Waals surface area (Å²) >= 11 is 5.92. The molecule has 1 aromatic heterocycles. The summed E-state index contributed by atoms with van der Waals surface area (Å²) in [5.41, 5.74) is -0.219. The molecule has 0 bridgehead atoms. The Hall–Kier alpha value is -1.66. The highest BCUT2D eigenvalue weighted by Gasteiger charge is 2.51. The van der Waals surface area contributed by atoms with Crippen molar-refractivity contribution in [3.05, 3.63) is 40.2 Å². The van der Waals surface area contributed by atoms with Crippen LogP contribution in [-0.2, 0) is 0 Å². The first-order chi connectivity index (χ1) is 9.04. The van der Waals surface area contributed by atoms with E-state index in [4.69, 9.17) is 11.6 Å². The lowest BCUT2D eigenvalue weighted by Crippen LogP contribution is -2.22. The molecular formula is C12H14ClN3O3. The standard InChI is InChI=1S/C12H14ClN3O3/c1-2-8-3-12(8,7-17)6-15-11-9(13)4-14-5-10(11)16(18)19/h2,4-5,8,17H,1,3,6-7H2,(H,14,15)/t8-,12-/m0/s1. The second-order valence-corrected chi connectivity index (χ2v) is 5.10. The molecule has 2 atom stereocenters. The molecule has 2 N–H and O–H groups in total. The number of aromatic nitrogens is 1. The maximum atomic E-state index is 10.9. The SMILES string of the molecule is C=C[C@H]1C[C@@]1(CO)CNc1c(Cl)cncc1[N+](=O)[O-]. The van der Waals surface area contributed by atoms with Crippen LogP contribution in [0, 0.1) is 21.4 Å². The van der Waals surface area contributed by atoms with Crippen LogP contribution in [0.4, 0.5) is 11.4 Å². The third-order valence-corrected chi connectivity index (χ3v) is 3.83. The molecule has 0 aliphatic heterocycles. The van der Waals surface area contributed by atoms with Gasteiger partial charge in [-0.25, -0.2) is 0 Å². The molecule has 1 aromatic rings. The van der Waals surface area contributed by atoms with Gasteiger partial charge in [-0.05, 0) is 12.3 Å². The molecule has 7 heteroatoms. The van der Waals surface area contributed by atoms with Gasteiger partial charge >= 0.3 is 5.69 Å². The van der Waals surface area contributed by atoms with Crippen LogP contribution in [0.2, 0.25) is 5.02 Å². The number of pyridine rings is 1. The van der Waals surface area contributed by atoms with Crippen molar-refractivity contribution in [2.24, 2.45) is 11.3 Å². The number of nitrogens with one attached hydrogen (secondary N) is 1. The molecule has 0 aromatic carbocycles. The Morgan fingerprint density at radius 2 is 2.47 bits per heavy atom. The highest BCUT2D eigenvalue weighted by atomic mass is 35.5. The first-order valence-electron chi connectivity index (χ1n) is 5.79. The van der Waals surface area contributed by atoms with Gasteiger partial charge in [0.2, 0.25) is 0 Å². The number of hydrogen-bond acceptors (Lipinski definition) is 5. The van der Waals surface area contributed by atoms with Gasteiger partial charge in [0.05, 0.1) is 16.6 Å². The molecule has 1 saturated carbocycles. The van der Waals surface area contributed by atoms with Gasteiger partial charge in [0.15, 0.2) is 0 Å². The Morgan fingerprint density at radius 3 is 3.00 bits per heavy atom. The van der Waals surface area contributed by atoms with E-state index in [1.165, 1.54) is 6.20 Å². The fourth-order valence-electron chi connectivity index (χ4n) is 2.16. The summed E-state index contributed by atoms with van der Waals surface area (Å²) in [7, 11) is 0. The smallest absolute Gasteiger partial charge is 0.311 e. The molecule has 1 heterocycles. The summed E-state index contributed by atoms with van der Waals surface area (Å²) in [5.74, 6) is 0.227. The minimum absolute atomic E-state index is 0.00713. The average Bonchev–Trinajstić information content (AvgIpc) is 3.11. The van der Waals surface area contributed by atoms with Crippen molar-refractivity contribution in [3.8, 4) is 0 Å². The van der Waals surface area contributed by atoms with Crippen LogP contribution < -0.4 is 5.32 Å². The Balaban J connectivity index is 2.16. The molecule has 0 saturated heterocycles. The van der Waals surface area contributed by atoms with Crippen LogP contribution >= 0.6 is 11.6 Å². The fraction of sp³-hybridized carbons (Fsp3) is 0.417. The first kappa shape index (κ1) is 13.8. The first-order valence-corrected chi connectivity index (χ1v) is 6.17. The van der Waals surface area contributed by atoms with Crippen LogP contribution in [0.1, 0.15) is 6.42 Å². The van der Waals surface area contributed by atoms with E-state index >= 15 is 0 Å². The van der Waals surface area contributed by atoms with E-state index in [0.717, 1.165) is 12.6 Å². The number of nitro groups is 1. The molecule has 0 amide bonds. The maximum absolute atomic E-state index is 10.9. The third-order valence-electron chi connectivity index (χ3n) is 3.55. The van der Waals surface area contributed by atoms with Gasteiger partial charge in [-0.15, -0.1) is 6.58 Å². The van der Waals surface area contributed by atoms with Gasteiger partial charge in [-0.2, -0.15) is 0 Å². The van der Waals surface area contributed by atoms with Crippen molar-refractivity contribution < 1.29 is 10.0 Å². The molecule has 0 unspecified atom stereocenters. The third kappa shape index (κ3) is 2.54. The second kappa shape index (κ2) is 5.14. The summed E-state index contributed by atoms with van der Waals surface area (Å²) in [6.07, 6.45) is 5.11. The zero-order valence-electron chi connectivity index (χ0n) is 10.2. The van der Waals surface area contributed by atoms with E-state index in [2.05, 4.69) is 16.9 Å². The summed E-state index contributed by atoms with van der Waals surface area (Å²) in [6.45, 7) is 4.12. The number of allylic oxidation sites excluding steroid dienone is 1. The molecule has 1 fully saturated rings. The molecular weight excluding hydrogens is 270 g/mol. The monoisotopic (exact) mass is 283 g/mol. The van der Waals surface area contributed by atoms with Crippen LogP contribution in [0.15, 0.2) is 25.0 Å². The van der Waals surface area contributed by atoms with Crippen molar-refractivity contribution in [3.63, 3.8) is 0 Å². The molecule has 2 rings (SSSR count). The maximum Gasteiger partial charge on any atom is 0.311 e. The Labute approximate surface area is 115 Å². The van der Waals surface area contributed by atoms with Gasteiger partial charge in [0, 0.05) is 18.2 Å². The van der Waals surface area contributed by atoms with Gasteiger partial charge in [0.1, 0.15) is 11.9 Å². The van der Waals surface area contributed by atoms with Crippen molar-refractivity contribution >= 4 is 23.0 Å². The van der Waals surface area contributed by atoms with E-state index in [-0.39, 0.29) is 34.3 Å². The number of rotatable bonds is 6. The lowest BCUT2D eigenvalue weighted by Gasteiger charge is -2.16. The van der Waals surface area contributed by atoms with Gasteiger partial charge in [-0.3, -0.25) is 15.1 Å². The topological polar surface area (TPSA) is 88.3 Å². The number of aliphatic hydroxyl groups is 1. The highest BCUT2D eigenvalue weighted by Crippen LogP contribution is 2.53. The van der Waals surface area contributed by atoms with Gasteiger partial charge in [-0.1, -0.05) is 17.7 Å². The highest BCUT2D eigenvalue weighted by molar-refractivity contribution is 6.33. The number of nitrogens with zero attached hydrogens (tertiary/aromatic N) is 2. The number of hydrogen-bond donors (Lipinski definition) is 2. The lowest BCUT2D eigenvalue weighted by molar-refractivity contribution is -0.384. The minimum atomic E-state index is -0.537. The summed E-state index contributed by atoms with van der Waals surface area (Å²) in [6, 6.07) is 0. The fourth-order valence-corrected chi connectivity index (χ4v) is 2.38. The summed E-state index contributed by atoms with van der Waals surface area (Å²) < 4.78 is 0.